The van der Waals surface area contributed by atoms with Gasteiger partial charge in [0.15, 0.2) is 0 Å². The fraction of sp³-hybridized carbons (Fsp3) is 0.125. The standard InChI is InChI=1S/C16H16N4O/c1-20(2)14-5-3-4-13(9-14)18-16(21)11-6-7-15-12(8-11)10-17-19-15/h3-10H,1-2H3,(H,17,19)(H,18,21). The molecule has 0 aliphatic rings. The van der Waals surface area contributed by atoms with Crippen molar-refractivity contribution in [2.45, 2.75) is 0 Å². The van der Waals surface area contributed by atoms with E-state index in [0.29, 0.717) is 5.56 Å². The molecule has 0 atom stereocenters. The number of aromatic nitrogens is 2. The predicted molar refractivity (Wildman–Crippen MR) is 84.8 cm³/mol. The van der Waals surface area contributed by atoms with E-state index >= 15 is 0 Å². The summed E-state index contributed by atoms with van der Waals surface area (Å²) in [6.45, 7) is 0. The molecule has 0 radical (unpaired) electrons. The van der Waals surface area contributed by atoms with Crippen molar-refractivity contribution in [2.75, 3.05) is 24.3 Å². The lowest BCUT2D eigenvalue weighted by Crippen LogP contribution is -2.13. The molecule has 1 heterocycles. The number of anilines is 2. The van der Waals surface area contributed by atoms with Gasteiger partial charge in [-0.3, -0.25) is 9.89 Å². The number of hydrogen-bond donors (Lipinski definition) is 2. The minimum absolute atomic E-state index is 0.131. The Morgan fingerprint density at radius 3 is 2.86 bits per heavy atom. The highest BCUT2D eigenvalue weighted by atomic mass is 16.1. The molecule has 0 aliphatic carbocycles. The average molecular weight is 280 g/mol. The molecule has 0 spiro atoms. The Hall–Kier alpha value is -2.82. The topological polar surface area (TPSA) is 61.0 Å². The van der Waals surface area contributed by atoms with Crippen molar-refractivity contribution >= 4 is 28.2 Å². The van der Waals surface area contributed by atoms with Gasteiger partial charge >= 0.3 is 0 Å². The highest BCUT2D eigenvalue weighted by Gasteiger charge is 2.08. The lowest BCUT2D eigenvalue weighted by atomic mass is 10.1. The van der Waals surface area contributed by atoms with Crippen LogP contribution in [0.5, 0.6) is 0 Å². The number of fused-ring (bicyclic) bond motifs is 1. The van der Waals surface area contributed by atoms with Gasteiger partial charge in [0.05, 0.1) is 11.7 Å². The fourth-order valence-corrected chi connectivity index (χ4v) is 2.15. The van der Waals surface area contributed by atoms with Crippen LogP contribution in [0.1, 0.15) is 10.4 Å². The zero-order valence-electron chi connectivity index (χ0n) is 11.9. The summed E-state index contributed by atoms with van der Waals surface area (Å²) >= 11 is 0. The molecule has 21 heavy (non-hydrogen) atoms. The van der Waals surface area contributed by atoms with E-state index in [-0.39, 0.29) is 5.91 Å². The van der Waals surface area contributed by atoms with Crippen LogP contribution >= 0.6 is 0 Å². The van der Waals surface area contributed by atoms with Crippen LogP contribution in [0.2, 0.25) is 0 Å². The maximum Gasteiger partial charge on any atom is 0.255 e. The molecule has 106 valence electrons. The lowest BCUT2D eigenvalue weighted by Gasteiger charge is -2.14. The number of hydrogen-bond acceptors (Lipinski definition) is 3. The van der Waals surface area contributed by atoms with E-state index in [9.17, 15) is 4.79 Å². The Bertz CT molecular complexity index is 792. The minimum Gasteiger partial charge on any atom is -0.378 e. The van der Waals surface area contributed by atoms with E-state index in [0.717, 1.165) is 22.3 Å². The molecule has 5 nitrogen and oxygen atoms in total. The van der Waals surface area contributed by atoms with Gasteiger partial charge < -0.3 is 10.2 Å². The van der Waals surface area contributed by atoms with Crippen molar-refractivity contribution in [3.05, 3.63) is 54.2 Å². The summed E-state index contributed by atoms with van der Waals surface area (Å²) < 4.78 is 0. The van der Waals surface area contributed by atoms with Crippen molar-refractivity contribution < 1.29 is 4.79 Å². The number of nitrogens with zero attached hydrogens (tertiary/aromatic N) is 2. The Labute approximate surface area is 122 Å². The Morgan fingerprint density at radius 2 is 2.05 bits per heavy atom. The largest absolute Gasteiger partial charge is 0.378 e. The molecule has 0 unspecified atom stereocenters. The van der Waals surface area contributed by atoms with Crippen LogP contribution in [0.15, 0.2) is 48.7 Å². The van der Waals surface area contributed by atoms with Crippen molar-refractivity contribution in [1.82, 2.24) is 10.2 Å². The molecule has 1 amide bonds. The molecular weight excluding hydrogens is 264 g/mol. The molecule has 3 aromatic rings. The van der Waals surface area contributed by atoms with Crippen LogP contribution in [-0.2, 0) is 0 Å². The van der Waals surface area contributed by atoms with Gasteiger partial charge in [0.1, 0.15) is 0 Å². The summed E-state index contributed by atoms with van der Waals surface area (Å²) in [6.07, 6.45) is 1.71. The first kappa shape index (κ1) is 13.2. The van der Waals surface area contributed by atoms with Gasteiger partial charge in [-0.1, -0.05) is 6.07 Å². The predicted octanol–water partition coefficient (Wildman–Crippen LogP) is 2.88. The molecular formula is C16H16N4O. The van der Waals surface area contributed by atoms with Gasteiger partial charge in [0.2, 0.25) is 0 Å². The van der Waals surface area contributed by atoms with Crippen LogP contribution in [0, 0.1) is 0 Å². The van der Waals surface area contributed by atoms with E-state index < -0.39 is 0 Å². The van der Waals surface area contributed by atoms with E-state index in [1.807, 2.05) is 55.4 Å². The summed E-state index contributed by atoms with van der Waals surface area (Å²) in [5.74, 6) is -0.131. The van der Waals surface area contributed by atoms with Crippen molar-refractivity contribution in [3.8, 4) is 0 Å². The van der Waals surface area contributed by atoms with Gasteiger partial charge in [-0.05, 0) is 36.4 Å². The van der Waals surface area contributed by atoms with Crippen LogP contribution in [-0.4, -0.2) is 30.2 Å². The number of carbonyl (C=O) groups is 1. The van der Waals surface area contributed by atoms with Crippen LogP contribution in [0.4, 0.5) is 11.4 Å². The Kier molecular flexibility index (Phi) is 3.31. The SMILES string of the molecule is CN(C)c1cccc(NC(=O)c2ccc3[nH]ncc3c2)c1. The number of rotatable bonds is 3. The third-order valence-electron chi connectivity index (χ3n) is 3.32. The van der Waals surface area contributed by atoms with E-state index in [2.05, 4.69) is 15.5 Å². The molecule has 5 heteroatoms. The van der Waals surface area contributed by atoms with E-state index in [1.165, 1.54) is 0 Å². The molecule has 3 rings (SSSR count). The second kappa shape index (κ2) is 5.28. The summed E-state index contributed by atoms with van der Waals surface area (Å²) in [6, 6.07) is 13.2. The summed E-state index contributed by atoms with van der Waals surface area (Å²) in [5, 5.41) is 10.7. The van der Waals surface area contributed by atoms with Gasteiger partial charge in [-0.2, -0.15) is 5.10 Å². The lowest BCUT2D eigenvalue weighted by molar-refractivity contribution is 0.102. The third-order valence-corrected chi connectivity index (χ3v) is 3.32. The number of nitrogens with one attached hydrogen (secondary N) is 2. The second-order valence-corrected chi connectivity index (χ2v) is 5.07. The van der Waals surface area contributed by atoms with Crippen molar-refractivity contribution in [3.63, 3.8) is 0 Å². The molecule has 1 aromatic heterocycles. The summed E-state index contributed by atoms with van der Waals surface area (Å²) in [7, 11) is 3.93. The zero-order valence-corrected chi connectivity index (χ0v) is 11.9. The van der Waals surface area contributed by atoms with E-state index in [1.54, 1.807) is 12.3 Å². The van der Waals surface area contributed by atoms with Gasteiger partial charge in [-0.15, -0.1) is 0 Å². The summed E-state index contributed by atoms with van der Waals surface area (Å²) in [4.78, 5) is 14.3. The molecule has 2 N–H and O–H groups in total. The number of aromatic amines is 1. The quantitative estimate of drug-likeness (QED) is 0.775. The van der Waals surface area contributed by atoms with Gasteiger partial charge in [0, 0.05) is 36.4 Å². The highest BCUT2D eigenvalue weighted by molar-refractivity contribution is 6.06. The first-order valence-electron chi connectivity index (χ1n) is 6.65. The van der Waals surface area contributed by atoms with Crippen LogP contribution < -0.4 is 10.2 Å². The molecule has 0 aliphatic heterocycles. The maximum absolute atomic E-state index is 12.3. The van der Waals surface area contributed by atoms with Crippen molar-refractivity contribution in [1.29, 1.82) is 0 Å². The first-order chi connectivity index (χ1) is 10.1. The smallest absolute Gasteiger partial charge is 0.255 e. The zero-order chi connectivity index (χ0) is 14.8. The highest BCUT2D eigenvalue weighted by Crippen LogP contribution is 2.19. The van der Waals surface area contributed by atoms with Crippen LogP contribution in [0.25, 0.3) is 10.9 Å². The minimum atomic E-state index is -0.131. The molecule has 2 aromatic carbocycles. The Morgan fingerprint density at radius 1 is 1.19 bits per heavy atom. The molecule has 0 bridgehead atoms. The number of benzene rings is 2. The Balaban J connectivity index is 1.83. The molecule has 0 saturated heterocycles. The second-order valence-electron chi connectivity index (χ2n) is 5.07. The van der Waals surface area contributed by atoms with Crippen LogP contribution in [0.3, 0.4) is 0 Å². The van der Waals surface area contributed by atoms with Crippen molar-refractivity contribution in [2.24, 2.45) is 0 Å². The molecule has 0 fully saturated rings. The normalized spacial score (nSPS) is 10.6. The van der Waals surface area contributed by atoms with Gasteiger partial charge in [0.25, 0.3) is 5.91 Å². The first-order valence-corrected chi connectivity index (χ1v) is 6.65. The fourth-order valence-electron chi connectivity index (χ4n) is 2.15. The monoisotopic (exact) mass is 280 g/mol. The molecule has 0 saturated carbocycles. The number of amides is 1. The number of H-pyrrole nitrogens is 1. The number of carbonyl (C=O) groups excluding carboxylic acids is 1. The van der Waals surface area contributed by atoms with Gasteiger partial charge in [-0.25, -0.2) is 0 Å². The average Bonchev–Trinajstić information content (AvgIpc) is 2.94. The maximum atomic E-state index is 12.3. The summed E-state index contributed by atoms with van der Waals surface area (Å²) in [5.41, 5.74) is 3.34. The third kappa shape index (κ3) is 2.72. The van der Waals surface area contributed by atoms with E-state index in [4.69, 9.17) is 0 Å².